The number of nitrogens with zero attached hydrogens (tertiary/aromatic N) is 2. The number of aromatic nitrogens is 1. The van der Waals surface area contributed by atoms with Gasteiger partial charge in [0.1, 0.15) is 0 Å². The first-order valence-electron chi connectivity index (χ1n) is 9.16. The summed E-state index contributed by atoms with van der Waals surface area (Å²) in [5, 5.41) is 3.76. The fraction of sp³-hybridized carbons (Fsp3) is 0.476. The lowest BCUT2D eigenvalue weighted by atomic mass is 9.79. The number of aryl methyl sites for hydroxylation is 2. The summed E-state index contributed by atoms with van der Waals surface area (Å²) in [5.41, 5.74) is 6.03. The Hall–Kier alpha value is -1.87. The molecule has 1 aromatic carbocycles. The van der Waals surface area contributed by atoms with Gasteiger partial charge in [0.15, 0.2) is 0 Å². The average Bonchev–Trinajstić information content (AvgIpc) is 2.61. The van der Waals surface area contributed by atoms with Crippen LogP contribution in [0.1, 0.15) is 30.9 Å². The highest BCUT2D eigenvalue weighted by Gasteiger charge is 2.39. The highest BCUT2D eigenvalue weighted by molar-refractivity contribution is 5.62. The van der Waals surface area contributed by atoms with Crippen LogP contribution in [0.15, 0.2) is 36.5 Å². The van der Waals surface area contributed by atoms with Crippen LogP contribution in [0.5, 0.6) is 0 Å². The van der Waals surface area contributed by atoms with Gasteiger partial charge in [0.2, 0.25) is 0 Å². The number of hydrogen-bond donors (Lipinski definition) is 1. The summed E-state index contributed by atoms with van der Waals surface area (Å²) in [6.07, 6.45) is 4.65. The van der Waals surface area contributed by atoms with Crippen molar-refractivity contribution in [2.75, 3.05) is 18.4 Å². The van der Waals surface area contributed by atoms with Crippen LogP contribution in [0.25, 0.3) is 11.3 Å². The topological polar surface area (TPSA) is 28.2 Å². The zero-order valence-electron chi connectivity index (χ0n) is 14.9. The van der Waals surface area contributed by atoms with Gasteiger partial charge in [-0.15, -0.1) is 0 Å². The summed E-state index contributed by atoms with van der Waals surface area (Å²) < 4.78 is 0. The first-order valence-corrected chi connectivity index (χ1v) is 9.16. The van der Waals surface area contributed by atoms with Crippen LogP contribution in [0.4, 0.5) is 5.69 Å². The third-order valence-electron chi connectivity index (χ3n) is 6.08. The molecule has 126 valence electrons. The third kappa shape index (κ3) is 2.82. The Morgan fingerprint density at radius 1 is 1.04 bits per heavy atom. The van der Waals surface area contributed by atoms with Crippen molar-refractivity contribution < 1.29 is 0 Å². The van der Waals surface area contributed by atoms with Crippen molar-refractivity contribution in [2.24, 2.45) is 5.92 Å². The molecule has 1 aromatic heterocycles. The lowest BCUT2D eigenvalue weighted by molar-refractivity contribution is 0.0458. The van der Waals surface area contributed by atoms with E-state index in [4.69, 9.17) is 4.98 Å². The quantitative estimate of drug-likeness (QED) is 0.915. The Kier molecular flexibility index (Phi) is 4.05. The smallest absolute Gasteiger partial charge is 0.0703 e. The largest absolute Gasteiger partial charge is 0.379 e. The number of hydrogen-bond acceptors (Lipinski definition) is 3. The van der Waals surface area contributed by atoms with Crippen LogP contribution in [0.3, 0.4) is 0 Å². The van der Waals surface area contributed by atoms with Gasteiger partial charge in [-0.3, -0.25) is 9.88 Å². The van der Waals surface area contributed by atoms with Crippen LogP contribution in [0, 0.1) is 19.8 Å². The summed E-state index contributed by atoms with van der Waals surface area (Å²) in [6.45, 7) is 9.21. The first-order chi connectivity index (χ1) is 11.6. The lowest BCUT2D eigenvalue weighted by Gasteiger charge is -2.50. The van der Waals surface area contributed by atoms with E-state index in [0.29, 0.717) is 12.1 Å². The van der Waals surface area contributed by atoms with Gasteiger partial charge >= 0.3 is 0 Å². The molecule has 5 rings (SSSR count). The van der Waals surface area contributed by atoms with Gasteiger partial charge in [-0.25, -0.2) is 0 Å². The normalized spacial score (nSPS) is 28.8. The van der Waals surface area contributed by atoms with E-state index in [1.807, 2.05) is 6.20 Å². The molecule has 0 aliphatic carbocycles. The summed E-state index contributed by atoms with van der Waals surface area (Å²) in [7, 11) is 0. The van der Waals surface area contributed by atoms with Crippen molar-refractivity contribution in [2.45, 2.75) is 45.7 Å². The van der Waals surface area contributed by atoms with Crippen molar-refractivity contribution in [1.29, 1.82) is 0 Å². The molecule has 0 spiro atoms. The molecule has 3 fully saturated rings. The Bertz CT molecular complexity index is 712. The van der Waals surface area contributed by atoms with Crippen LogP contribution >= 0.6 is 0 Å². The molecule has 0 saturated carbocycles. The molecule has 1 N–H and O–H groups in total. The summed E-state index contributed by atoms with van der Waals surface area (Å²) in [5.74, 6) is 0.810. The van der Waals surface area contributed by atoms with Gasteiger partial charge in [0, 0.05) is 17.6 Å². The molecule has 24 heavy (non-hydrogen) atoms. The highest BCUT2D eigenvalue weighted by Crippen LogP contribution is 2.34. The van der Waals surface area contributed by atoms with Gasteiger partial charge in [-0.1, -0.05) is 12.1 Å². The van der Waals surface area contributed by atoms with Crippen LogP contribution < -0.4 is 5.32 Å². The average molecular weight is 321 g/mol. The fourth-order valence-corrected chi connectivity index (χ4v) is 4.29. The molecule has 2 bridgehead atoms. The number of fused-ring (bicyclic) bond motifs is 3. The highest BCUT2D eigenvalue weighted by atomic mass is 15.2. The molecule has 4 heterocycles. The molecule has 3 aliphatic rings. The van der Waals surface area contributed by atoms with Crippen molar-refractivity contribution in [1.82, 2.24) is 9.88 Å². The van der Waals surface area contributed by atoms with E-state index >= 15 is 0 Å². The molecule has 0 radical (unpaired) electrons. The molecular weight excluding hydrogens is 294 g/mol. The maximum atomic E-state index is 4.70. The molecular formula is C21H27N3. The van der Waals surface area contributed by atoms with E-state index in [2.05, 4.69) is 61.3 Å². The van der Waals surface area contributed by atoms with Crippen molar-refractivity contribution in [3.05, 3.63) is 47.7 Å². The van der Waals surface area contributed by atoms with Gasteiger partial charge in [0.05, 0.1) is 17.6 Å². The Morgan fingerprint density at radius 3 is 2.46 bits per heavy atom. The maximum absolute atomic E-state index is 4.70. The summed E-state index contributed by atoms with van der Waals surface area (Å²) in [4.78, 5) is 7.32. The molecule has 0 unspecified atom stereocenters. The van der Waals surface area contributed by atoms with Crippen LogP contribution in [0.2, 0.25) is 0 Å². The predicted molar refractivity (Wildman–Crippen MR) is 100 cm³/mol. The Balaban J connectivity index is 1.50. The fourth-order valence-electron chi connectivity index (χ4n) is 4.29. The molecule has 3 saturated heterocycles. The van der Waals surface area contributed by atoms with Crippen molar-refractivity contribution >= 4 is 5.69 Å². The number of benzene rings is 1. The van der Waals surface area contributed by atoms with Crippen LogP contribution in [-0.4, -0.2) is 35.1 Å². The van der Waals surface area contributed by atoms with E-state index < -0.39 is 0 Å². The Morgan fingerprint density at radius 2 is 1.83 bits per heavy atom. The van der Waals surface area contributed by atoms with E-state index in [1.54, 1.807) is 0 Å². The number of rotatable bonds is 3. The van der Waals surface area contributed by atoms with Gasteiger partial charge < -0.3 is 5.32 Å². The second kappa shape index (κ2) is 6.21. The van der Waals surface area contributed by atoms with Gasteiger partial charge in [-0.2, -0.15) is 0 Å². The summed E-state index contributed by atoms with van der Waals surface area (Å²) >= 11 is 0. The second-order valence-corrected chi connectivity index (χ2v) is 7.52. The van der Waals surface area contributed by atoms with Gasteiger partial charge in [-0.05, 0) is 81.9 Å². The minimum Gasteiger partial charge on any atom is -0.379 e. The molecule has 3 aliphatic heterocycles. The molecule has 0 amide bonds. The minimum atomic E-state index is 0.557. The number of piperidine rings is 3. The van der Waals surface area contributed by atoms with Crippen LogP contribution in [-0.2, 0) is 0 Å². The molecule has 3 heteroatoms. The second-order valence-electron chi connectivity index (χ2n) is 7.52. The van der Waals surface area contributed by atoms with Crippen molar-refractivity contribution in [3.63, 3.8) is 0 Å². The zero-order chi connectivity index (χ0) is 16.7. The van der Waals surface area contributed by atoms with Crippen molar-refractivity contribution in [3.8, 4) is 11.3 Å². The minimum absolute atomic E-state index is 0.557. The van der Waals surface area contributed by atoms with Gasteiger partial charge in [0.25, 0.3) is 0 Å². The molecule has 3 nitrogen and oxygen atoms in total. The van der Waals surface area contributed by atoms with E-state index in [0.717, 1.165) is 17.3 Å². The Labute approximate surface area is 145 Å². The number of pyridine rings is 1. The van der Waals surface area contributed by atoms with E-state index in [-0.39, 0.29) is 0 Å². The maximum Gasteiger partial charge on any atom is 0.0703 e. The summed E-state index contributed by atoms with van der Waals surface area (Å²) in [6, 6.07) is 12.1. The lowest BCUT2D eigenvalue weighted by Crippen LogP contribution is -2.59. The predicted octanol–water partition coefficient (Wildman–Crippen LogP) is 4.26. The standard InChI is InChI=1S/C21H27N3/c1-14-4-5-18(12-15(14)2)20-7-6-19(13-22-20)23-21-16(3)24-10-8-17(21)9-11-24/h4-7,12-13,16-17,21,23H,8-11H2,1-3H3/t16-,21-/m1/s1. The first kappa shape index (κ1) is 15.6. The molecule has 2 atom stereocenters. The van der Waals surface area contributed by atoms with E-state index in [9.17, 15) is 0 Å². The monoisotopic (exact) mass is 321 g/mol. The zero-order valence-corrected chi connectivity index (χ0v) is 14.9. The van der Waals surface area contributed by atoms with E-state index in [1.165, 1.54) is 42.6 Å². The number of nitrogens with one attached hydrogen (secondary N) is 1. The SMILES string of the molecule is Cc1ccc(-c2ccc(N[C@H]3C4CCN(CC4)[C@@H]3C)cn2)cc1C. The third-order valence-corrected chi connectivity index (χ3v) is 6.08. The molecule has 2 aromatic rings. The number of anilines is 1.